The third-order valence-electron chi connectivity index (χ3n) is 19.6. The molecule has 0 amide bonds. The van der Waals surface area contributed by atoms with E-state index in [4.69, 9.17) is 8.22 Å². The van der Waals surface area contributed by atoms with Gasteiger partial charge in [-0.3, -0.25) is 0 Å². The predicted octanol–water partition coefficient (Wildman–Crippen LogP) is 21.0. The molecule has 18 rings (SSSR count). The van der Waals surface area contributed by atoms with Gasteiger partial charge in [0.2, 0.25) is 17.1 Å². The molecule has 0 saturated heterocycles. The lowest BCUT2D eigenvalue weighted by atomic mass is 9.99. The zero-order chi connectivity index (χ0) is 70.5. The first kappa shape index (κ1) is 52.7. The Kier molecular flexibility index (Phi) is 13.2. The van der Waals surface area contributed by atoms with Crippen molar-refractivity contribution in [2.45, 2.75) is 34.5 Å². The molecule has 0 aliphatic heterocycles. The summed E-state index contributed by atoms with van der Waals surface area (Å²) < 4.78 is 60.3. The van der Waals surface area contributed by atoms with Gasteiger partial charge in [-0.2, -0.15) is 0 Å². The lowest BCUT2D eigenvalue weighted by molar-refractivity contribution is -0.659. The number of para-hydroxylation sites is 2. The Hall–Kier alpha value is -11.7. The van der Waals surface area contributed by atoms with Gasteiger partial charge in [0.05, 0.1) is 43.7 Å². The van der Waals surface area contributed by atoms with Crippen molar-refractivity contribution < 1.29 is 21.9 Å². The molecule has 0 fully saturated rings. The fourth-order valence-electron chi connectivity index (χ4n) is 14.8. The summed E-state index contributed by atoms with van der Waals surface area (Å²) in [5, 5.41) is 14.3. The summed E-state index contributed by atoms with van der Waals surface area (Å²) in [6.07, 6.45) is 6.69. The van der Waals surface area contributed by atoms with E-state index in [1.165, 1.54) is 104 Å². The van der Waals surface area contributed by atoms with E-state index in [-0.39, 0.29) is 0 Å². The van der Waals surface area contributed by atoms with Gasteiger partial charge in [-0.1, -0.05) is 193 Å². The molecule has 0 aliphatic rings. The lowest BCUT2D eigenvalue weighted by Crippen LogP contribution is -2.30. The molecular weight excluding hydrogens is 1170 g/mol. The predicted molar refractivity (Wildman–Crippen MR) is 403 cm³/mol. The fourth-order valence-corrected chi connectivity index (χ4v) is 14.8. The Morgan fingerprint density at radius 1 is 0.292 bits per heavy atom. The number of hydrogen-bond donors (Lipinski definition) is 0. The van der Waals surface area contributed by atoms with Crippen LogP contribution in [0.3, 0.4) is 0 Å². The van der Waals surface area contributed by atoms with E-state index < -0.39 is 13.7 Å². The average molecular weight is 1250 g/mol. The summed E-state index contributed by atoms with van der Waals surface area (Å²) in [6, 6.07) is 94.9. The normalized spacial score (nSPS) is 12.8. The first-order valence-electron chi connectivity index (χ1n) is 35.8. The maximum Gasteiger partial charge on any atom is 0.214 e. The van der Waals surface area contributed by atoms with Crippen molar-refractivity contribution in [1.29, 1.82) is 0 Å². The number of pyridine rings is 3. The van der Waals surface area contributed by atoms with Crippen LogP contribution in [0, 0.1) is 34.5 Å². The van der Waals surface area contributed by atoms with Gasteiger partial charge in [-0.15, -0.1) is 0 Å². The molecule has 6 heterocycles. The minimum absolute atomic E-state index is 0.364. The van der Waals surface area contributed by atoms with E-state index >= 15 is 0 Å². The van der Waals surface area contributed by atoms with Gasteiger partial charge in [0, 0.05) is 83.2 Å². The second-order valence-corrected chi connectivity index (χ2v) is 25.6. The van der Waals surface area contributed by atoms with Crippen molar-refractivity contribution in [1.82, 2.24) is 13.7 Å². The van der Waals surface area contributed by atoms with Crippen LogP contribution in [0.15, 0.2) is 292 Å². The standard InChI is InChI=1S/C31H27N2.C30H25N2.C29H23N2/c1-20-10-13-26(21(2)14-20)29-18-31-28(19-32(29)3)27-16-24-12-11-23(22-8-6-5-7-9-22)15-25(24)17-30(27)33(31)4;1-20-13-15-25-22(17-20)14-16-27-30(25)26-19-31(3)28(24-12-8-7-9-21(24)2)18-29(26)32(27)23-10-5-4-6-11-23;1-20-10-6-8-14-23(20)27-18-28-25(19-30(27)2)29-24-15-9-7-11-21(24)16-17-26(29)31(28)22-12-4-3-5-13-22/h5-19H,1-4H3;4-19H,1-3H3;3-19H,1-2H3/q3*+1/i2*1D3;. The lowest BCUT2D eigenvalue weighted by Gasteiger charge is -2.09. The molecular formula is C90H75N6+3. The molecule has 0 unspecified atom stereocenters. The van der Waals surface area contributed by atoms with Crippen molar-refractivity contribution in [3.63, 3.8) is 0 Å². The monoisotopic (exact) mass is 1250 g/mol. The number of aryl methyl sites for hydroxylation is 9. The van der Waals surface area contributed by atoms with E-state index in [0.29, 0.717) is 11.1 Å². The molecule has 6 aromatic heterocycles. The van der Waals surface area contributed by atoms with Gasteiger partial charge < -0.3 is 13.7 Å². The zero-order valence-corrected chi connectivity index (χ0v) is 54.9. The van der Waals surface area contributed by atoms with Crippen LogP contribution in [-0.2, 0) is 28.2 Å². The Morgan fingerprint density at radius 3 is 1.34 bits per heavy atom. The van der Waals surface area contributed by atoms with E-state index in [9.17, 15) is 0 Å². The molecule has 96 heavy (non-hydrogen) atoms. The van der Waals surface area contributed by atoms with Crippen molar-refractivity contribution in [3.8, 4) is 56.3 Å². The SMILES string of the molecule is Cc1ccccc1-c1cc2c(c[n+]1C)c1c3ccccc3ccc1n2-c1ccccc1.[2H]C([2H])([2H])c1ccc(-c2cc3c(c[n+]2C)c2cc4ccc(-c5ccccc5)cc4cc2n3C)c(C)c1.[2H]C([2H])([2H])c1ccc2c(ccc3c2c2c[n+](C)c(-c4ccccc4C)cc2n3-c2ccccc2)c1. The van der Waals surface area contributed by atoms with E-state index in [1.54, 1.807) is 24.3 Å². The van der Waals surface area contributed by atoms with Crippen LogP contribution in [0.2, 0.25) is 0 Å². The van der Waals surface area contributed by atoms with Crippen LogP contribution >= 0.6 is 0 Å². The first-order chi connectivity index (χ1) is 49.2. The van der Waals surface area contributed by atoms with E-state index in [1.807, 2.05) is 37.3 Å². The van der Waals surface area contributed by atoms with E-state index in [0.717, 1.165) is 66.3 Å². The highest BCUT2D eigenvalue weighted by Crippen LogP contribution is 2.41. The summed E-state index contributed by atoms with van der Waals surface area (Å²) in [5.74, 6) is 0. The molecule has 0 saturated carbocycles. The molecule has 0 N–H and O–H groups in total. The maximum atomic E-state index is 7.84. The number of rotatable bonds is 6. The van der Waals surface area contributed by atoms with Crippen LogP contribution in [0.5, 0.6) is 0 Å². The van der Waals surface area contributed by atoms with Gasteiger partial charge >= 0.3 is 0 Å². The van der Waals surface area contributed by atoms with Gasteiger partial charge in [-0.05, 0) is 167 Å². The van der Waals surface area contributed by atoms with Crippen molar-refractivity contribution >= 4 is 97.7 Å². The Morgan fingerprint density at radius 2 is 0.760 bits per heavy atom. The van der Waals surface area contributed by atoms with Gasteiger partial charge in [-0.25, -0.2) is 13.7 Å². The van der Waals surface area contributed by atoms with Crippen molar-refractivity contribution in [2.24, 2.45) is 28.2 Å². The summed E-state index contributed by atoms with van der Waals surface area (Å²) in [4.78, 5) is 0. The topological polar surface area (TPSA) is 26.4 Å². The minimum Gasteiger partial charge on any atom is -0.343 e. The summed E-state index contributed by atoms with van der Waals surface area (Å²) in [6.45, 7) is 2.07. The quantitative estimate of drug-likeness (QED) is 0.148. The molecule has 6 nitrogen and oxygen atoms in total. The molecule has 18 aromatic rings. The highest BCUT2D eigenvalue weighted by molar-refractivity contribution is 6.22. The molecule has 0 spiro atoms. The maximum absolute atomic E-state index is 7.84. The van der Waals surface area contributed by atoms with Gasteiger partial charge in [0.15, 0.2) is 18.6 Å². The summed E-state index contributed by atoms with van der Waals surface area (Å²) >= 11 is 0. The van der Waals surface area contributed by atoms with Crippen LogP contribution in [0.1, 0.15) is 36.0 Å². The molecule has 6 heteroatoms. The van der Waals surface area contributed by atoms with Crippen molar-refractivity contribution in [3.05, 3.63) is 319 Å². The zero-order valence-electron chi connectivity index (χ0n) is 60.9. The second-order valence-electron chi connectivity index (χ2n) is 25.6. The highest BCUT2D eigenvalue weighted by Gasteiger charge is 2.25. The van der Waals surface area contributed by atoms with E-state index in [2.05, 4.69) is 306 Å². The number of aromatic nitrogens is 6. The minimum atomic E-state index is -2.13. The molecule has 462 valence electrons. The fraction of sp³-hybridized carbons (Fsp3) is 0.100. The Balaban J connectivity index is 0.000000119. The molecule has 0 aliphatic carbocycles. The third-order valence-corrected chi connectivity index (χ3v) is 19.6. The van der Waals surface area contributed by atoms with Crippen molar-refractivity contribution in [2.75, 3.05) is 0 Å². The second kappa shape index (κ2) is 24.0. The summed E-state index contributed by atoms with van der Waals surface area (Å²) in [5.41, 5.74) is 22.9. The van der Waals surface area contributed by atoms with Crippen LogP contribution < -0.4 is 13.7 Å². The molecule has 0 radical (unpaired) electrons. The van der Waals surface area contributed by atoms with Crippen LogP contribution in [0.25, 0.3) is 154 Å². The Bertz CT molecular complexity index is 6360. The van der Waals surface area contributed by atoms with Gasteiger partial charge in [0.25, 0.3) is 0 Å². The molecule has 0 bridgehead atoms. The average Bonchev–Trinajstić information content (AvgIpc) is 1.58. The molecule has 12 aromatic carbocycles. The first-order valence-corrected chi connectivity index (χ1v) is 32.8. The summed E-state index contributed by atoms with van der Waals surface area (Å²) in [7, 11) is 8.41. The largest absolute Gasteiger partial charge is 0.343 e. The number of hydrogen-bond acceptors (Lipinski definition) is 0. The Labute approximate surface area is 568 Å². The third kappa shape index (κ3) is 10.2. The van der Waals surface area contributed by atoms with Crippen LogP contribution in [0.4, 0.5) is 0 Å². The smallest absolute Gasteiger partial charge is 0.214 e. The highest BCUT2D eigenvalue weighted by atomic mass is 15.0. The van der Waals surface area contributed by atoms with Gasteiger partial charge in [0.1, 0.15) is 21.1 Å². The number of nitrogens with zero attached hydrogens (tertiary/aromatic N) is 6. The number of fused-ring (bicyclic) bond motifs is 14. The molecule has 0 atom stereocenters. The number of benzene rings is 12. The van der Waals surface area contributed by atoms with Crippen LogP contribution in [-0.4, -0.2) is 13.7 Å².